The molecule has 2 N–H and O–H groups in total. The first-order valence-electron chi connectivity index (χ1n) is 12.2. The van der Waals surface area contributed by atoms with Crippen LogP contribution in [0.15, 0.2) is 53.4 Å². The van der Waals surface area contributed by atoms with Gasteiger partial charge >= 0.3 is 0 Å². The van der Waals surface area contributed by atoms with Crippen LogP contribution in [0.3, 0.4) is 0 Å². The summed E-state index contributed by atoms with van der Waals surface area (Å²) in [6, 6.07) is 15.1. The van der Waals surface area contributed by atoms with E-state index in [0.29, 0.717) is 29.3 Å². The molecule has 6 nitrogen and oxygen atoms in total. The number of halogens is 1. The average molecular weight is 509 g/mol. The summed E-state index contributed by atoms with van der Waals surface area (Å²) >= 11 is 0. The van der Waals surface area contributed by atoms with Gasteiger partial charge < -0.3 is 10.2 Å². The van der Waals surface area contributed by atoms with E-state index in [9.17, 15) is 13.5 Å². The van der Waals surface area contributed by atoms with E-state index in [4.69, 9.17) is 5.11 Å². The summed E-state index contributed by atoms with van der Waals surface area (Å²) in [6.45, 7) is 3.58. The van der Waals surface area contributed by atoms with Gasteiger partial charge in [0.05, 0.1) is 11.5 Å². The maximum atomic E-state index is 13.5. The number of nitrogens with zero attached hydrogens (tertiary/aromatic N) is 2. The van der Waals surface area contributed by atoms with Gasteiger partial charge in [-0.05, 0) is 68.3 Å². The molecule has 188 valence electrons. The van der Waals surface area contributed by atoms with E-state index >= 15 is 0 Å². The second-order valence-electron chi connectivity index (χ2n) is 9.37. The summed E-state index contributed by atoms with van der Waals surface area (Å²) in [6.07, 6.45) is 5.64. The van der Waals surface area contributed by atoms with Gasteiger partial charge in [0.2, 0.25) is 10.0 Å². The largest absolute Gasteiger partial charge is 0.396 e. The predicted octanol–water partition coefficient (Wildman–Crippen LogP) is 3.91. The number of hydrogen-bond donors (Lipinski definition) is 2. The highest BCUT2D eigenvalue weighted by atomic mass is 35.5. The van der Waals surface area contributed by atoms with Gasteiger partial charge in [-0.1, -0.05) is 48.9 Å². The van der Waals surface area contributed by atoms with Crippen LogP contribution in [0, 0.1) is 5.92 Å². The minimum absolute atomic E-state index is 0. The topological polar surface area (TPSA) is 81.1 Å². The van der Waals surface area contributed by atoms with E-state index in [1.165, 1.54) is 9.87 Å². The predicted molar refractivity (Wildman–Crippen MR) is 137 cm³/mol. The summed E-state index contributed by atoms with van der Waals surface area (Å²) in [5.41, 5.74) is 2.81. The lowest BCUT2D eigenvalue weighted by molar-refractivity contribution is 0.153. The molecule has 34 heavy (non-hydrogen) atoms. The second kappa shape index (κ2) is 12.5. The zero-order chi connectivity index (χ0) is 23.3. The standard InChI is InChI=1S/C26H36N2O4S.ClH/c29-18-14-21-12-16-27(17-13-21)19-22-8-10-23(11-9-22)25-6-1-2-7-26(25)33(31,32)28-15-4-3-5-24(28)20-30;/h1-2,6-11,21,24,29-30H,3-5,12-20H2;1H/t24-;/m0./s1. The molecule has 0 aliphatic carbocycles. The molecule has 0 saturated carbocycles. The van der Waals surface area contributed by atoms with Crippen LogP contribution in [-0.4, -0.2) is 66.7 Å². The minimum atomic E-state index is -3.70. The van der Waals surface area contributed by atoms with Crippen molar-refractivity contribution in [2.75, 3.05) is 32.8 Å². The fourth-order valence-corrected chi connectivity index (χ4v) is 7.09. The van der Waals surface area contributed by atoms with Crippen LogP contribution in [0.5, 0.6) is 0 Å². The summed E-state index contributed by atoms with van der Waals surface area (Å²) in [5, 5.41) is 18.9. The molecule has 2 saturated heterocycles. The molecule has 2 fully saturated rings. The van der Waals surface area contributed by atoms with E-state index in [0.717, 1.165) is 57.3 Å². The van der Waals surface area contributed by atoms with Gasteiger partial charge in [-0.15, -0.1) is 12.4 Å². The number of piperidine rings is 2. The van der Waals surface area contributed by atoms with Crippen LogP contribution in [-0.2, 0) is 16.6 Å². The third-order valence-electron chi connectivity index (χ3n) is 7.17. The molecule has 0 radical (unpaired) electrons. The molecule has 0 unspecified atom stereocenters. The fourth-order valence-electron chi connectivity index (χ4n) is 5.19. The summed E-state index contributed by atoms with van der Waals surface area (Å²) in [5.74, 6) is 0.636. The van der Waals surface area contributed by atoms with Crippen molar-refractivity contribution in [1.29, 1.82) is 0 Å². The zero-order valence-corrected chi connectivity index (χ0v) is 21.3. The molecule has 8 heteroatoms. The van der Waals surface area contributed by atoms with Crippen LogP contribution in [0.25, 0.3) is 11.1 Å². The normalized spacial score (nSPS) is 20.7. The molecule has 0 aromatic heterocycles. The number of likely N-dealkylation sites (tertiary alicyclic amines) is 1. The molecule has 4 rings (SSSR count). The lowest BCUT2D eigenvalue weighted by Gasteiger charge is -2.34. The van der Waals surface area contributed by atoms with Crippen molar-refractivity contribution in [3.8, 4) is 11.1 Å². The quantitative estimate of drug-likeness (QED) is 0.565. The van der Waals surface area contributed by atoms with Crippen molar-refractivity contribution in [1.82, 2.24) is 9.21 Å². The van der Waals surface area contributed by atoms with Crippen LogP contribution in [0.4, 0.5) is 0 Å². The Bertz CT molecular complexity index is 1010. The minimum Gasteiger partial charge on any atom is -0.396 e. The van der Waals surface area contributed by atoms with Gasteiger partial charge in [-0.25, -0.2) is 8.42 Å². The highest BCUT2D eigenvalue weighted by molar-refractivity contribution is 7.89. The Morgan fingerprint density at radius 3 is 2.26 bits per heavy atom. The third-order valence-corrected chi connectivity index (χ3v) is 9.18. The maximum Gasteiger partial charge on any atom is 0.244 e. The van der Waals surface area contributed by atoms with E-state index in [2.05, 4.69) is 17.0 Å². The number of aliphatic hydroxyl groups is 2. The smallest absolute Gasteiger partial charge is 0.244 e. The fraction of sp³-hybridized carbons (Fsp3) is 0.538. The third kappa shape index (κ3) is 6.20. The van der Waals surface area contributed by atoms with E-state index in [-0.39, 0.29) is 31.7 Å². The molecule has 0 amide bonds. The molecule has 0 bridgehead atoms. The van der Waals surface area contributed by atoms with E-state index in [1.54, 1.807) is 12.1 Å². The van der Waals surface area contributed by atoms with Gasteiger partial charge in [0.25, 0.3) is 0 Å². The second-order valence-corrected chi connectivity index (χ2v) is 11.2. The Balaban J connectivity index is 0.00000324. The number of sulfonamides is 1. The summed E-state index contributed by atoms with van der Waals surface area (Å²) < 4.78 is 28.6. The van der Waals surface area contributed by atoms with Crippen molar-refractivity contribution >= 4 is 22.4 Å². The van der Waals surface area contributed by atoms with Gasteiger partial charge in [0, 0.05) is 31.3 Å². The molecule has 2 heterocycles. The van der Waals surface area contributed by atoms with Gasteiger partial charge in [0.15, 0.2) is 0 Å². The monoisotopic (exact) mass is 508 g/mol. The first kappa shape index (κ1) is 27.1. The van der Waals surface area contributed by atoms with Crippen molar-refractivity contribution < 1.29 is 18.6 Å². The molecule has 2 aromatic rings. The Morgan fingerprint density at radius 2 is 1.59 bits per heavy atom. The van der Waals surface area contributed by atoms with Crippen molar-refractivity contribution in [3.05, 3.63) is 54.1 Å². The highest BCUT2D eigenvalue weighted by Gasteiger charge is 2.34. The number of hydrogen-bond acceptors (Lipinski definition) is 5. The molecule has 1 atom stereocenters. The molecule has 2 aliphatic heterocycles. The van der Waals surface area contributed by atoms with Crippen LogP contribution in [0.2, 0.25) is 0 Å². The first-order chi connectivity index (χ1) is 16.0. The molecule has 0 spiro atoms. The van der Waals surface area contributed by atoms with Crippen LogP contribution >= 0.6 is 12.4 Å². The van der Waals surface area contributed by atoms with Crippen LogP contribution < -0.4 is 0 Å². The van der Waals surface area contributed by atoms with Crippen molar-refractivity contribution in [2.24, 2.45) is 5.92 Å². The Morgan fingerprint density at radius 1 is 0.882 bits per heavy atom. The lowest BCUT2D eigenvalue weighted by Crippen LogP contribution is -2.45. The Kier molecular flexibility index (Phi) is 9.95. The summed E-state index contributed by atoms with van der Waals surface area (Å²) in [4.78, 5) is 2.76. The van der Waals surface area contributed by atoms with E-state index < -0.39 is 10.0 Å². The first-order valence-corrected chi connectivity index (χ1v) is 13.6. The average Bonchev–Trinajstić information content (AvgIpc) is 2.86. The van der Waals surface area contributed by atoms with Crippen molar-refractivity contribution in [2.45, 2.75) is 56.0 Å². The number of benzene rings is 2. The maximum absolute atomic E-state index is 13.5. The van der Waals surface area contributed by atoms with Gasteiger partial charge in [0.1, 0.15) is 0 Å². The SMILES string of the molecule is Cl.O=S(=O)(c1ccccc1-c1ccc(CN2CCC(CCO)CC2)cc1)N1CCCC[C@H]1CO. The molecular weight excluding hydrogens is 472 g/mol. The lowest BCUT2D eigenvalue weighted by atomic mass is 9.93. The van der Waals surface area contributed by atoms with Crippen molar-refractivity contribution in [3.63, 3.8) is 0 Å². The van der Waals surface area contributed by atoms with E-state index in [1.807, 2.05) is 24.3 Å². The molecule has 2 aliphatic rings. The highest BCUT2D eigenvalue weighted by Crippen LogP contribution is 2.33. The van der Waals surface area contributed by atoms with Gasteiger partial charge in [-0.3, -0.25) is 4.90 Å². The number of aliphatic hydroxyl groups excluding tert-OH is 2. The zero-order valence-electron chi connectivity index (χ0n) is 19.7. The molecular formula is C26H37ClN2O4S. The number of rotatable bonds is 8. The van der Waals surface area contributed by atoms with Crippen LogP contribution in [0.1, 0.15) is 44.1 Å². The van der Waals surface area contributed by atoms with Gasteiger partial charge in [-0.2, -0.15) is 4.31 Å². The Hall–Kier alpha value is -1.48. The Labute approximate surface area is 210 Å². The molecule has 2 aromatic carbocycles. The summed E-state index contributed by atoms with van der Waals surface area (Å²) in [7, 11) is -3.70.